The van der Waals surface area contributed by atoms with Crippen molar-refractivity contribution in [2.24, 2.45) is 0 Å². The average Bonchev–Trinajstić information content (AvgIpc) is 2.19. The van der Waals surface area contributed by atoms with Gasteiger partial charge in [0, 0.05) is 0 Å². The van der Waals surface area contributed by atoms with Crippen LogP contribution in [-0.2, 0) is 0 Å². The molecular weight excluding hydrogens is 174 g/mol. The monoisotopic (exact) mass is 200 g/mol. The fraction of sp³-hybridized carbons (Fsp3) is 1.00. The molecule has 0 saturated carbocycles. The van der Waals surface area contributed by atoms with Gasteiger partial charge in [-0.05, 0) is 25.9 Å². The van der Waals surface area contributed by atoms with Crippen molar-refractivity contribution in [1.82, 2.24) is 5.06 Å². The highest BCUT2D eigenvalue weighted by atomic mass is 16.5. The van der Waals surface area contributed by atoms with E-state index < -0.39 is 0 Å². The van der Waals surface area contributed by atoms with Gasteiger partial charge in [0.1, 0.15) is 0 Å². The molecule has 0 aliphatic rings. The Hall–Kier alpha value is -0.0800. The summed E-state index contributed by atoms with van der Waals surface area (Å²) in [6.07, 6.45) is 9.60. The number of rotatable bonds is 10. The van der Waals surface area contributed by atoms with Gasteiger partial charge >= 0.3 is 0 Å². The third kappa shape index (κ3) is 10.0. The van der Waals surface area contributed by atoms with Gasteiger partial charge in [0.15, 0.2) is 0 Å². The lowest BCUT2D eigenvalue weighted by atomic mass is 10.2. The molecule has 0 aromatic rings. The third-order valence-corrected chi connectivity index (χ3v) is 2.52. The molecule has 86 valence electrons. The Labute approximate surface area is 89.3 Å². The zero-order valence-corrected chi connectivity index (χ0v) is 9.93. The van der Waals surface area contributed by atoms with Gasteiger partial charge in [-0.1, -0.05) is 52.4 Å². The molecule has 0 spiro atoms. The lowest BCUT2D eigenvalue weighted by Gasteiger charge is -2.27. The molecule has 0 fully saturated rings. The average molecular weight is 200 g/mol. The first-order valence-corrected chi connectivity index (χ1v) is 6.23. The number of hydroxylamine groups is 2. The molecule has 0 radical (unpaired) electrons. The van der Waals surface area contributed by atoms with Crippen LogP contribution in [0.25, 0.3) is 0 Å². The van der Waals surface area contributed by atoms with Gasteiger partial charge in [-0.15, -0.1) is 0 Å². The van der Waals surface area contributed by atoms with E-state index in [1.807, 2.05) is 0 Å². The zero-order valence-electron chi connectivity index (χ0n) is 9.93. The van der Waals surface area contributed by atoms with Crippen molar-refractivity contribution in [3.63, 3.8) is 0 Å². The predicted molar refractivity (Wildman–Crippen MR) is 63.2 cm³/mol. The van der Waals surface area contributed by atoms with Gasteiger partial charge in [0.25, 0.3) is 0 Å². The summed E-state index contributed by atoms with van der Waals surface area (Å²) in [5, 5.41) is 12.5. The number of hydrogen-bond donors (Lipinski definition) is 0. The van der Waals surface area contributed by atoms with Gasteiger partial charge in [0.05, 0.1) is 0 Å². The maximum Gasteiger partial charge on any atom is -0.0145 e. The van der Waals surface area contributed by atoms with Gasteiger partial charge in [-0.25, -0.2) is 0 Å². The van der Waals surface area contributed by atoms with Gasteiger partial charge < -0.3 is 10.3 Å². The highest BCUT2D eigenvalue weighted by Crippen LogP contribution is 2.03. The van der Waals surface area contributed by atoms with E-state index in [-0.39, 0.29) is 0 Å². The summed E-state index contributed by atoms with van der Waals surface area (Å²) in [5.74, 6) is 0. The minimum atomic E-state index is 0.742. The number of hydrogen-bond acceptors (Lipinski definition) is 2. The molecule has 0 aromatic heterocycles. The van der Waals surface area contributed by atoms with Crippen LogP contribution >= 0.6 is 0 Å². The van der Waals surface area contributed by atoms with Crippen molar-refractivity contribution in [1.29, 1.82) is 0 Å². The van der Waals surface area contributed by atoms with Crippen molar-refractivity contribution < 1.29 is 0 Å². The molecule has 0 aliphatic heterocycles. The number of nitrogens with zero attached hydrogens (tertiary/aromatic N) is 1. The summed E-state index contributed by atoms with van der Waals surface area (Å²) >= 11 is 0. The summed E-state index contributed by atoms with van der Waals surface area (Å²) in [6.45, 7) is 5.87. The fourth-order valence-electron chi connectivity index (χ4n) is 1.54. The summed E-state index contributed by atoms with van der Waals surface area (Å²) in [6, 6.07) is 0. The van der Waals surface area contributed by atoms with Crippen LogP contribution in [0.2, 0.25) is 0 Å². The third-order valence-electron chi connectivity index (χ3n) is 2.52. The van der Waals surface area contributed by atoms with E-state index in [0.29, 0.717) is 0 Å². The highest BCUT2D eigenvalue weighted by molar-refractivity contribution is 4.57. The Morgan fingerprint density at radius 2 is 1.14 bits per heavy atom. The summed E-state index contributed by atoms with van der Waals surface area (Å²) in [5.41, 5.74) is 0. The molecule has 0 atom stereocenters. The molecule has 0 amide bonds. The smallest absolute Gasteiger partial charge is 0.0145 e. The van der Waals surface area contributed by atoms with E-state index in [0.717, 1.165) is 25.9 Å². The van der Waals surface area contributed by atoms with Crippen molar-refractivity contribution >= 4 is 0 Å². The number of unbranched alkanes of at least 4 members (excludes halogenated alkanes) is 6. The van der Waals surface area contributed by atoms with Crippen LogP contribution in [0.4, 0.5) is 0 Å². The van der Waals surface area contributed by atoms with Crippen LogP contribution < -0.4 is 0 Å². The molecule has 14 heavy (non-hydrogen) atoms. The normalized spacial score (nSPS) is 11.1. The van der Waals surface area contributed by atoms with E-state index in [1.165, 1.54) is 43.6 Å². The Morgan fingerprint density at radius 1 is 0.714 bits per heavy atom. The van der Waals surface area contributed by atoms with Crippen LogP contribution in [0, 0.1) is 5.21 Å². The molecule has 0 aromatic carbocycles. The fourth-order valence-corrected chi connectivity index (χ4v) is 1.54. The molecule has 2 heteroatoms. The van der Waals surface area contributed by atoms with Gasteiger partial charge in [-0.2, -0.15) is 0 Å². The molecular formula is C12H26NO-. The van der Waals surface area contributed by atoms with E-state index in [9.17, 15) is 5.21 Å². The Bertz CT molecular complexity index is 94.5. The van der Waals surface area contributed by atoms with Gasteiger partial charge in [-0.3, -0.25) is 0 Å². The second kappa shape index (κ2) is 11.0. The van der Waals surface area contributed by atoms with Crippen LogP contribution in [0.3, 0.4) is 0 Å². The second-order valence-electron chi connectivity index (χ2n) is 4.05. The molecule has 0 heterocycles. The summed E-state index contributed by atoms with van der Waals surface area (Å²) < 4.78 is 0. The quantitative estimate of drug-likeness (QED) is 0.394. The molecule has 0 bridgehead atoms. The first-order valence-electron chi connectivity index (χ1n) is 6.23. The second-order valence-corrected chi connectivity index (χ2v) is 4.05. The highest BCUT2D eigenvalue weighted by Gasteiger charge is 1.92. The van der Waals surface area contributed by atoms with E-state index in [2.05, 4.69) is 13.8 Å². The van der Waals surface area contributed by atoms with E-state index >= 15 is 0 Å². The molecule has 0 unspecified atom stereocenters. The zero-order chi connectivity index (χ0) is 10.6. The topological polar surface area (TPSA) is 26.3 Å². The first-order chi connectivity index (χ1) is 6.81. The molecule has 0 N–H and O–H groups in total. The minimum absolute atomic E-state index is 0.742. The van der Waals surface area contributed by atoms with Crippen molar-refractivity contribution in [2.45, 2.75) is 65.2 Å². The maximum atomic E-state index is 11.3. The molecule has 0 saturated heterocycles. The van der Waals surface area contributed by atoms with Crippen molar-refractivity contribution in [3.8, 4) is 0 Å². The maximum absolute atomic E-state index is 11.3. The van der Waals surface area contributed by atoms with E-state index in [1.54, 1.807) is 0 Å². The SMILES string of the molecule is CCCCCCN([O-])CCCCCC. The first kappa shape index (κ1) is 13.9. The van der Waals surface area contributed by atoms with Crippen LogP contribution in [0.1, 0.15) is 65.2 Å². The van der Waals surface area contributed by atoms with E-state index in [4.69, 9.17) is 0 Å². The molecule has 2 nitrogen and oxygen atoms in total. The molecule has 0 aliphatic carbocycles. The van der Waals surface area contributed by atoms with Crippen LogP contribution in [-0.4, -0.2) is 18.2 Å². The lowest BCUT2D eigenvalue weighted by Crippen LogP contribution is -2.18. The Morgan fingerprint density at radius 3 is 1.50 bits per heavy atom. The predicted octanol–water partition coefficient (Wildman–Crippen LogP) is 3.95. The van der Waals surface area contributed by atoms with Crippen LogP contribution in [0.15, 0.2) is 0 Å². The standard InChI is InChI=1S/C12H26NO/c1-3-5-7-9-11-13(14)12-10-8-6-4-2/h3-12H2,1-2H3/q-1. The lowest BCUT2D eigenvalue weighted by molar-refractivity contribution is 0.352. The van der Waals surface area contributed by atoms with Crippen molar-refractivity contribution in [2.75, 3.05) is 13.1 Å². The van der Waals surface area contributed by atoms with Crippen LogP contribution in [0.5, 0.6) is 0 Å². The Kier molecular flexibility index (Phi) is 10.9. The van der Waals surface area contributed by atoms with Gasteiger partial charge in [0.2, 0.25) is 0 Å². The van der Waals surface area contributed by atoms with Crippen molar-refractivity contribution in [3.05, 3.63) is 5.21 Å². The minimum Gasteiger partial charge on any atom is -0.785 e. The summed E-state index contributed by atoms with van der Waals surface area (Å²) in [4.78, 5) is 0. The molecule has 0 rings (SSSR count). The summed E-state index contributed by atoms with van der Waals surface area (Å²) in [7, 11) is 0. The largest absolute Gasteiger partial charge is 0.785 e. The Balaban J connectivity index is 3.07.